The summed E-state index contributed by atoms with van der Waals surface area (Å²) >= 11 is 0. The second kappa shape index (κ2) is 8.52. The van der Waals surface area contributed by atoms with Crippen molar-refractivity contribution in [3.05, 3.63) is 24.3 Å². The summed E-state index contributed by atoms with van der Waals surface area (Å²) in [6.45, 7) is 2.20. The molecule has 132 valence electrons. The Morgan fingerprint density at radius 2 is 1.88 bits per heavy atom. The maximum atomic E-state index is 12.4. The van der Waals surface area contributed by atoms with E-state index in [4.69, 9.17) is 0 Å². The van der Waals surface area contributed by atoms with E-state index in [2.05, 4.69) is 34.7 Å². The summed E-state index contributed by atoms with van der Waals surface area (Å²) in [5.41, 5.74) is 2.11. The Hall–Kier alpha value is -1.55. The van der Waals surface area contributed by atoms with Crippen LogP contribution in [0.4, 0.5) is 11.4 Å². The number of rotatable bonds is 6. The van der Waals surface area contributed by atoms with Crippen LogP contribution < -0.4 is 15.5 Å². The Morgan fingerprint density at radius 3 is 2.62 bits per heavy atom. The lowest BCUT2D eigenvalue weighted by atomic mass is 9.93. The lowest BCUT2D eigenvalue weighted by molar-refractivity contribution is -0.116. The van der Waals surface area contributed by atoms with Crippen molar-refractivity contribution >= 4 is 17.3 Å². The molecule has 1 heterocycles. The molecule has 1 aromatic carbocycles. The second-order valence-electron chi connectivity index (χ2n) is 7.35. The number of nitrogens with zero attached hydrogens (tertiary/aromatic N) is 1. The third-order valence-corrected chi connectivity index (χ3v) is 5.67. The molecule has 2 N–H and O–H groups in total. The van der Waals surface area contributed by atoms with E-state index in [9.17, 15) is 4.79 Å². The highest BCUT2D eigenvalue weighted by Crippen LogP contribution is 2.32. The number of hydrogen-bond acceptors (Lipinski definition) is 3. The van der Waals surface area contributed by atoms with Crippen LogP contribution in [0.3, 0.4) is 0 Å². The monoisotopic (exact) mass is 329 g/mol. The van der Waals surface area contributed by atoms with Gasteiger partial charge in [0, 0.05) is 19.5 Å². The zero-order valence-corrected chi connectivity index (χ0v) is 14.9. The van der Waals surface area contributed by atoms with Gasteiger partial charge in [-0.25, -0.2) is 0 Å². The number of amides is 1. The largest absolute Gasteiger partial charge is 0.370 e. The van der Waals surface area contributed by atoms with Crippen LogP contribution in [0.5, 0.6) is 0 Å². The molecule has 4 heteroatoms. The molecular formula is C20H31N3O. The molecule has 0 unspecified atom stereocenters. The number of carbonyl (C=O) groups is 1. The van der Waals surface area contributed by atoms with Gasteiger partial charge in [-0.1, -0.05) is 25.0 Å². The van der Waals surface area contributed by atoms with Crippen molar-refractivity contribution in [2.24, 2.45) is 5.92 Å². The fraction of sp³-hybridized carbons (Fsp3) is 0.650. The molecule has 1 aliphatic carbocycles. The molecule has 0 aromatic heterocycles. The molecule has 1 amide bonds. The van der Waals surface area contributed by atoms with E-state index in [0.29, 0.717) is 18.4 Å². The minimum Gasteiger partial charge on any atom is -0.370 e. The van der Waals surface area contributed by atoms with Gasteiger partial charge in [-0.15, -0.1) is 0 Å². The molecular weight excluding hydrogens is 298 g/mol. The molecule has 3 rings (SSSR count). The molecule has 0 spiro atoms. The quantitative estimate of drug-likeness (QED) is 0.835. The number of anilines is 2. The Morgan fingerprint density at radius 1 is 1.17 bits per heavy atom. The van der Waals surface area contributed by atoms with Gasteiger partial charge < -0.3 is 15.5 Å². The smallest absolute Gasteiger partial charge is 0.224 e. The first-order valence-electron chi connectivity index (χ1n) is 9.56. The average molecular weight is 329 g/mol. The van der Waals surface area contributed by atoms with E-state index in [1.54, 1.807) is 0 Å². The van der Waals surface area contributed by atoms with Gasteiger partial charge in [0.1, 0.15) is 0 Å². The average Bonchev–Trinajstić information content (AvgIpc) is 3.15. The van der Waals surface area contributed by atoms with Gasteiger partial charge >= 0.3 is 0 Å². The number of benzene rings is 1. The zero-order valence-electron chi connectivity index (χ0n) is 14.9. The molecule has 0 radical (unpaired) electrons. The van der Waals surface area contributed by atoms with Gasteiger partial charge in [0.25, 0.3) is 0 Å². The van der Waals surface area contributed by atoms with E-state index in [-0.39, 0.29) is 5.91 Å². The molecule has 2 fully saturated rings. The Bertz CT molecular complexity index is 533. The van der Waals surface area contributed by atoms with Crippen LogP contribution in [0.25, 0.3) is 0 Å². The minimum atomic E-state index is 0.154. The molecule has 1 saturated carbocycles. The normalized spacial score (nSPS) is 19.4. The van der Waals surface area contributed by atoms with Crippen molar-refractivity contribution in [3.63, 3.8) is 0 Å². The number of nitrogens with one attached hydrogen (secondary N) is 2. The van der Waals surface area contributed by atoms with Crippen LogP contribution in [-0.2, 0) is 4.79 Å². The molecule has 1 aromatic rings. The first-order valence-corrected chi connectivity index (χ1v) is 9.56. The summed E-state index contributed by atoms with van der Waals surface area (Å²) in [5, 5.41) is 6.54. The third kappa shape index (κ3) is 4.50. The van der Waals surface area contributed by atoms with Crippen LogP contribution in [0.15, 0.2) is 24.3 Å². The molecule has 2 aliphatic rings. The van der Waals surface area contributed by atoms with E-state index in [1.165, 1.54) is 38.5 Å². The van der Waals surface area contributed by atoms with Crippen LogP contribution in [0.1, 0.15) is 51.4 Å². The van der Waals surface area contributed by atoms with Gasteiger partial charge in [0.15, 0.2) is 0 Å². The Labute approximate surface area is 146 Å². The number of para-hydroxylation sites is 2. The minimum absolute atomic E-state index is 0.154. The first-order chi connectivity index (χ1) is 11.7. The molecule has 4 nitrogen and oxygen atoms in total. The van der Waals surface area contributed by atoms with Crippen LogP contribution in [0, 0.1) is 5.92 Å². The molecule has 24 heavy (non-hydrogen) atoms. The molecule has 0 bridgehead atoms. The fourth-order valence-electron chi connectivity index (χ4n) is 4.09. The summed E-state index contributed by atoms with van der Waals surface area (Å²) in [4.78, 5) is 14.8. The summed E-state index contributed by atoms with van der Waals surface area (Å²) in [6.07, 6.45) is 9.20. The summed E-state index contributed by atoms with van der Waals surface area (Å²) < 4.78 is 0. The number of hydrogen-bond donors (Lipinski definition) is 2. The van der Waals surface area contributed by atoms with E-state index >= 15 is 0 Å². The van der Waals surface area contributed by atoms with Crippen LogP contribution in [-0.4, -0.2) is 32.1 Å². The molecule has 0 atom stereocenters. The van der Waals surface area contributed by atoms with Gasteiger partial charge in [0.2, 0.25) is 5.91 Å². The van der Waals surface area contributed by atoms with Crippen molar-refractivity contribution < 1.29 is 4.79 Å². The highest BCUT2D eigenvalue weighted by Gasteiger charge is 2.22. The van der Waals surface area contributed by atoms with E-state index in [0.717, 1.165) is 30.9 Å². The van der Waals surface area contributed by atoms with Gasteiger partial charge in [-0.2, -0.15) is 0 Å². The van der Waals surface area contributed by atoms with Crippen molar-refractivity contribution in [2.75, 3.05) is 30.4 Å². The maximum absolute atomic E-state index is 12.4. The Balaban J connectivity index is 1.56. The van der Waals surface area contributed by atoms with Gasteiger partial charge in [-0.3, -0.25) is 4.79 Å². The first kappa shape index (κ1) is 17.3. The van der Waals surface area contributed by atoms with Crippen molar-refractivity contribution in [1.29, 1.82) is 0 Å². The van der Waals surface area contributed by atoms with Crippen LogP contribution in [0.2, 0.25) is 0 Å². The predicted octanol–water partition coefficient (Wildman–Crippen LogP) is 3.78. The van der Waals surface area contributed by atoms with E-state index < -0.39 is 0 Å². The maximum Gasteiger partial charge on any atom is 0.224 e. The van der Waals surface area contributed by atoms with Crippen molar-refractivity contribution in [3.8, 4) is 0 Å². The van der Waals surface area contributed by atoms with E-state index in [1.807, 2.05) is 12.1 Å². The van der Waals surface area contributed by atoms with Gasteiger partial charge in [0.05, 0.1) is 11.4 Å². The predicted molar refractivity (Wildman–Crippen MR) is 101 cm³/mol. The van der Waals surface area contributed by atoms with Crippen molar-refractivity contribution in [1.82, 2.24) is 5.32 Å². The number of carbonyl (C=O) groups excluding carboxylic acids is 1. The SMILES string of the molecule is CN(c1ccccc1NC(=O)CCC1CCNCC1)C1CCCC1. The summed E-state index contributed by atoms with van der Waals surface area (Å²) in [5.74, 6) is 0.856. The van der Waals surface area contributed by atoms with Crippen molar-refractivity contribution in [2.45, 2.75) is 57.4 Å². The highest BCUT2D eigenvalue weighted by atomic mass is 16.1. The Kier molecular flexibility index (Phi) is 6.13. The molecule has 1 saturated heterocycles. The lowest BCUT2D eigenvalue weighted by Crippen LogP contribution is -2.30. The number of piperidine rings is 1. The zero-order chi connectivity index (χ0) is 16.8. The van der Waals surface area contributed by atoms with Crippen LogP contribution >= 0.6 is 0 Å². The standard InChI is InChI=1S/C20H31N3O/c1-23(17-6-2-3-7-17)19-9-5-4-8-18(19)22-20(24)11-10-16-12-14-21-15-13-16/h4-5,8-9,16-17,21H,2-3,6-7,10-15H2,1H3,(H,22,24). The topological polar surface area (TPSA) is 44.4 Å². The summed E-state index contributed by atoms with van der Waals surface area (Å²) in [6, 6.07) is 8.84. The fourth-order valence-corrected chi connectivity index (χ4v) is 4.09. The highest BCUT2D eigenvalue weighted by molar-refractivity contribution is 5.94. The summed E-state index contributed by atoms with van der Waals surface area (Å²) in [7, 11) is 2.16. The lowest BCUT2D eigenvalue weighted by Gasteiger charge is -2.28. The molecule has 1 aliphatic heterocycles. The third-order valence-electron chi connectivity index (χ3n) is 5.67. The second-order valence-corrected chi connectivity index (χ2v) is 7.35. The van der Waals surface area contributed by atoms with Gasteiger partial charge in [-0.05, 0) is 63.2 Å².